The first-order valence-electron chi connectivity index (χ1n) is 5.68. The highest BCUT2D eigenvalue weighted by molar-refractivity contribution is 6.01. The number of hydrogen-bond acceptors (Lipinski definition) is 3. The molecule has 5 nitrogen and oxygen atoms in total. The Balaban J connectivity index is 2.34. The zero-order valence-corrected chi connectivity index (χ0v) is 10.1. The van der Waals surface area contributed by atoms with Gasteiger partial charge in [0.2, 0.25) is 5.91 Å². The third-order valence-electron chi connectivity index (χ3n) is 3.01. The number of carbonyl (C=O) groups excluding carboxylic acids is 1. The molecule has 1 fully saturated rings. The van der Waals surface area contributed by atoms with Gasteiger partial charge in [0, 0.05) is 5.69 Å². The first-order valence-corrected chi connectivity index (χ1v) is 5.68. The lowest BCUT2D eigenvalue weighted by molar-refractivity contribution is -0.137. The summed E-state index contributed by atoms with van der Waals surface area (Å²) in [4.78, 5) is 22.5. The minimum Gasteiger partial charge on any atom is -0.478 e. The molecule has 20 heavy (non-hydrogen) atoms. The quantitative estimate of drug-likeness (QED) is 0.791. The van der Waals surface area contributed by atoms with E-state index in [4.69, 9.17) is 10.8 Å². The van der Waals surface area contributed by atoms with Crippen LogP contribution in [0, 0.1) is 0 Å². The topological polar surface area (TPSA) is 92.4 Å². The van der Waals surface area contributed by atoms with Crippen LogP contribution in [-0.4, -0.2) is 22.5 Å². The summed E-state index contributed by atoms with van der Waals surface area (Å²) >= 11 is 0. The second kappa shape index (κ2) is 4.48. The molecule has 8 heteroatoms. The van der Waals surface area contributed by atoms with Crippen LogP contribution < -0.4 is 11.1 Å². The lowest BCUT2D eigenvalue weighted by Gasteiger charge is -2.13. The van der Waals surface area contributed by atoms with Crippen molar-refractivity contribution in [2.75, 3.05) is 5.32 Å². The highest BCUT2D eigenvalue weighted by Crippen LogP contribution is 2.35. The summed E-state index contributed by atoms with van der Waals surface area (Å²) in [5.74, 6) is -2.13. The van der Waals surface area contributed by atoms with Gasteiger partial charge in [-0.1, -0.05) is 0 Å². The smallest absolute Gasteiger partial charge is 0.416 e. The Morgan fingerprint density at radius 3 is 2.30 bits per heavy atom. The van der Waals surface area contributed by atoms with Crippen LogP contribution in [0.2, 0.25) is 0 Å². The Hall–Kier alpha value is -2.09. The number of rotatable bonds is 3. The second-order valence-corrected chi connectivity index (χ2v) is 4.71. The van der Waals surface area contributed by atoms with Crippen LogP contribution in [0.15, 0.2) is 18.2 Å². The van der Waals surface area contributed by atoms with E-state index in [1.165, 1.54) is 0 Å². The Labute approximate surface area is 111 Å². The van der Waals surface area contributed by atoms with Crippen molar-refractivity contribution in [2.45, 2.75) is 24.6 Å². The normalized spacial score (nSPS) is 16.6. The van der Waals surface area contributed by atoms with E-state index in [-0.39, 0.29) is 5.69 Å². The van der Waals surface area contributed by atoms with Crippen LogP contribution in [0.4, 0.5) is 18.9 Å². The molecule has 0 aliphatic heterocycles. The molecule has 0 aromatic heterocycles. The number of carboxylic acids is 1. The molecule has 0 heterocycles. The zero-order valence-electron chi connectivity index (χ0n) is 10.1. The van der Waals surface area contributed by atoms with E-state index in [1.54, 1.807) is 0 Å². The number of nitrogens with one attached hydrogen (secondary N) is 1. The first-order chi connectivity index (χ1) is 9.12. The van der Waals surface area contributed by atoms with Gasteiger partial charge in [0.15, 0.2) is 0 Å². The molecule has 1 aromatic carbocycles. The van der Waals surface area contributed by atoms with Crippen molar-refractivity contribution in [3.63, 3.8) is 0 Å². The van der Waals surface area contributed by atoms with Gasteiger partial charge in [-0.2, -0.15) is 13.2 Å². The predicted molar refractivity (Wildman–Crippen MR) is 63.2 cm³/mol. The third-order valence-corrected chi connectivity index (χ3v) is 3.01. The maximum Gasteiger partial charge on any atom is 0.416 e. The summed E-state index contributed by atoms with van der Waals surface area (Å²) in [6.07, 6.45) is -3.81. The molecule has 0 atom stereocenters. The lowest BCUT2D eigenvalue weighted by Crippen LogP contribution is -2.37. The van der Waals surface area contributed by atoms with Gasteiger partial charge < -0.3 is 16.2 Å². The summed E-state index contributed by atoms with van der Waals surface area (Å²) < 4.78 is 38.0. The third kappa shape index (κ3) is 2.90. The first kappa shape index (κ1) is 14.3. The van der Waals surface area contributed by atoms with Gasteiger partial charge >= 0.3 is 12.1 Å². The summed E-state index contributed by atoms with van der Waals surface area (Å²) in [5.41, 5.74) is 2.61. The molecule has 108 valence electrons. The van der Waals surface area contributed by atoms with E-state index in [0.717, 1.165) is 6.07 Å². The lowest BCUT2D eigenvalue weighted by atomic mass is 10.1. The fourth-order valence-electron chi connectivity index (χ4n) is 1.60. The van der Waals surface area contributed by atoms with Crippen molar-refractivity contribution in [3.8, 4) is 0 Å². The molecule has 0 saturated heterocycles. The van der Waals surface area contributed by atoms with Crippen LogP contribution in [-0.2, 0) is 11.0 Å². The van der Waals surface area contributed by atoms with Gasteiger partial charge in [0.05, 0.1) is 16.7 Å². The largest absolute Gasteiger partial charge is 0.478 e. The van der Waals surface area contributed by atoms with E-state index in [2.05, 4.69) is 5.32 Å². The minimum absolute atomic E-state index is 0.237. The van der Waals surface area contributed by atoms with Gasteiger partial charge in [0.1, 0.15) is 0 Å². The second-order valence-electron chi connectivity index (χ2n) is 4.71. The number of nitrogens with two attached hydrogens (primary N) is 1. The van der Waals surface area contributed by atoms with Crippen molar-refractivity contribution in [1.29, 1.82) is 0 Å². The molecule has 0 unspecified atom stereocenters. The summed E-state index contributed by atoms with van der Waals surface area (Å²) in [6.45, 7) is 0. The highest BCUT2D eigenvalue weighted by Gasteiger charge is 2.46. The Kier molecular flexibility index (Phi) is 3.21. The molecule has 1 aliphatic carbocycles. The van der Waals surface area contributed by atoms with Crippen LogP contribution in [0.1, 0.15) is 28.8 Å². The van der Waals surface area contributed by atoms with E-state index in [0.29, 0.717) is 25.0 Å². The number of hydrogen-bond donors (Lipinski definition) is 3. The number of alkyl halides is 3. The SMILES string of the molecule is NC1(C(=O)Nc2cc(C(=O)O)cc(C(F)(F)F)c2)CC1. The van der Waals surface area contributed by atoms with E-state index in [9.17, 15) is 22.8 Å². The standard InChI is InChI=1S/C12H11F3N2O3/c13-12(14,15)7-3-6(9(18)19)4-8(5-7)17-10(20)11(16)1-2-11/h3-5H,1-2,16H2,(H,17,20)(H,18,19). The predicted octanol–water partition coefficient (Wildman–Crippen LogP) is 1.83. The number of aromatic carboxylic acids is 1. The molecule has 0 spiro atoms. The maximum absolute atomic E-state index is 12.7. The van der Waals surface area contributed by atoms with Crippen molar-refractivity contribution in [2.24, 2.45) is 5.73 Å². The molecule has 4 N–H and O–H groups in total. The Morgan fingerprint density at radius 1 is 1.25 bits per heavy atom. The molecule has 1 saturated carbocycles. The molecular weight excluding hydrogens is 277 g/mol. The fourth-order valence-corrected chi connectivity index (χ4v) is 1.60. The monoisotopic (exact) mass is 288 g/mol. The summed E-state index contributed by atoms with van der Waals surface area (Å²) in [6, 6.07) is 2.14. The molecule has 0 radical (unpaired) electrons. The number of carboxylic acid groups (broad SMARTS) is 1. The van der Waals surface area contributed by atoms with Gasteiger partial charge in [0.25, 0.3) is 0 Å². The van der Waals surface area contributed by atoms with Gasteiger partial charge in [-0.15, -0.1) is 0 Å². The van der Waals surface area contributed by atoms with Crippen molar-refractivity contribution in [1.82, 2.24) is 0 Å². The van der Waals surface area contributed by atoms with Crippen LogP contribution in [0.5, 0.6) is 0 Å². The average Bonchev–Trinajstić information content (AvgIpc) is 3.07. The number of anilines is 1. The van der Waals surface area contributed by atoms with Gasteiger partial charge in [-0.05, 0) is 31.0 Å². The Bertz CT molecular complexity index is 580. The zero-order chi connectivity index (χ0) is 15.1. The number of amides is 1. The van der Waals surface area contributed by atoms with Gasteiger partial charge in [-0.3, -0.25) is 4.79 Å². The number of halogens is 3. The van der Waals surface area contributed by atoms with Crippen LogP contribution in [0.3, 0.4) is 0 Å². The van der Waals surface area contributed by atoms with E-state index >= 15 is 0 Å². The summed E-state index contributed by atoms with van der Waals surface area (Å²) in [7, 11) is 0. The average molecular weight is 288 g/mol. The van der Waals surface area contributed by atoms with E-state index in [1.807, 2.05) is 0 Å². The maximum atomic E-state index is 12.7. The summed E-state index contributed by atoms with van der Waals surface area (Å²) in [5, 5.41) is 11.0. The van der Waals surface area contributed by atoms with Crippen molar-refractivity contribution in [3.05, 3.63) is 29.3 Å². The highest BCUT2D eigenvalue weighted by atomic mass is 19.4. The molecular formula is C12H11F3N2O3. The molecule has 1 amide bonds. The molecule has 0 bridgehead atoms. The van der Waals surface area contributed by atoms with E-state index < -0.39 is 34.7 Å². The molecule has 1 aliphatic rings. The number of carbonyl (C=O) groups is 2. The Morgan fingerprint density at radius 2 is 1.85 bits per heavy atom. The van der Waals surface area contributed by atoms with Crippen LogP contribution >= 0.6 is 0 Å². The van der Waals surface area contributed by atoms with Crippen LogP contribution in [0.25, 0.3) is 0 Å². The number of benzene rings is 1. The molecule has 1 aromatic rings. The fraction of sp³-hybridized carbons (Fsp3) is 0.333. The molecule has 2 rings (SSSR count). The van der Waals surface area contributed by atoms with Crippen molar-refractivity contribution < 1.29 is 27.9 Å². The van der Waals surface area contributed by atoms with Crippen molar-refractivity contribution >= 4 is 17.6 Å². The minimum atomic E-state index is -4.70. The van der Waals surface area contributed by atoms with Gasteiger partial charge in [-0.25, -0.2) is 4.79 Å².